The monoisotopic (exact) mass is 779 g/mol. The first-order valence-corrected chi connectivity index (χ1v) is 20.5. The summed E-state index contributed by atoms with van der Waals surface area (Å²) in [7, 11) is 0. The number of benzene rings is 8. The number of fused-ring (bicyclic) bond motifs is 12. The number of furan rings is 1. The smallest absolute Gasteiger partial charge is 0.167 e. The highest BCUT2D eigenvalue weighted by molar-refractivity contribution is 7.99. The van der Waals surface area contributed by atoms with Crippen LogP contribution in [0.3, 0.4) is 0 Å². The van der Waals surface area contributed by atoms with E-state index in [4.69, 9.17) is 31.0 Å². The lowest BCUT2D eigenvalue weighted by Gasteiger charge is -2.39. The van der Waals surface area contributed by atoms with Crippen molar-refractivity contribution in [2.75, 3.05) is 0 Å². The first-order chi connectivity index (χ1) is 28.6. The molecular weight excluding hydrogens is 750 g/mol. The van der Waals surface area contributed by atoms with Gasteiger partial charge < -0.3 is 4.42 Å². The molecule has 0 saturated heterocycles. The van der Waals surface area contributed by atoms with Crippen molar-refractivity contribution in [1.29, 1.82) is 0 Å². The zero-order valence-corrected chi connectivity index (χ0v) is 32.4. The average molecular weight is 780 g/mol. The van der Waals surface area contributed by atoms with Gasteiger partial charge in [0.15, 0.2) is 17.5 Å². The molecule has 0 bridgehead atoms. The van der Waals surface area contributed by atoms with Crippen molar-refractivity contribution >= 4 is 45.3 Å². The molecule has 1 spiro atoms. The van der Waals surface area contributed by atoms with Crippen LogP contribution in [0, 0.1) is 0 Å². The van der Waals surface area contributed by atoms with Crippen molar-refractivity contribution in [3.63, 3.8) is 0 Å². The van der Waals surface area contributed by atoms with E-state index >= 15 is 0 Å². The fraction of sp³-hybridized carbons (Fsp3) is 0.0192. The van der Waals surface area contributed by atoms with Gasteiger partial charge in [0.2, 0.25) is 0 Å². The van der Waals surface area contributed by atoms with Crippen molar-refractivity contribution in [3.8, 4) is 56.4 Å². The van der Waals surface area contributed by atoms with Gasteiger partial charge in [-0.3, -0.25) is 0 Å². The number of aromatic nitrogens is 3. The van der Waals surface area contributed by atoms with E-state index in [0.29, 0.717) is 17.5 Å². The molecule has 0 radical (unpaired) electrons. The van der Waals surface area contributed by atoms with Gasteiger partial charge in [-0.25, -0.2) is 15.0 Å². The fourth-order valence-corrected chi connectivity index (χ4v) is 10.6. The number of nitrogens with zero attached hydrogens (tertiary/aromatic N) is 3. The second kappa shape index (κ2) is 12.9. The van der Waals surface area contributed by atoms with E-state index in [9.17, 15) is 0 Å². The van der Waals surface area contributed by atoms with Gasteiger partial charge in [0, 0.05) is 36.7 Å². The highest BCUT2D eigenvalue weighted by atomic mass is 35.5. The second-order valence-corrected chi connectivity index (χ2v) is 16.3. The van der Waals surface area contributed by atoms with Crippen molar-refractivity contribution in [2.24, 2.45) is 0 Å². The Morgan fingerprint density at radius 3 is 1.83 bits per heavy atom. The molecule has 3 heterocycles. The van der Waals surface area contributed by atoms with E-state index in [1.165, 1.54) is 43.2 Å². The molecule has 1 unspecified atom stereocenters. The first-order valence-electron chi connectivity index (χ1n) is 19.3. The zero-order chi connectivity index (χ0) is 38.4. The minimum Gasteiger partial charge on any atom is -0.455 e. The summed E-state index contributed by atoms with van der Waals surface area (Å²) in [6.45, 7) is 0. The average Bonchev–Trinajstić information content (AvgIpc) is 3.81. The van der Waals surface area contributed by atoms with Crippen LogP contribution in [-0.2, 0) is 5.41 Å². The topological polar surface area (TPSA) is 51.8 Å². The standard InChI is InChI=1S/C52H30ClN3OS/c53-34-26-28-41-39(30-34)36-17-7-8-21-40(36)52(41)42-22-9-10-24-45(42)58-46-29-33(25-27-43(46)52)35-18-12-23-44-47(35)37-19-11-20-38(48(37)57-44)51-55-49(31-13-3-1-4-14-31)54-50(56-51)32-15-5-2-6-16-32/h1-30H. The summed E-state index contributed by atoms with van der Waals surface area (Å²) in [5.41, 5.74) is 13.5. The van der Waals surface area contributed by atoms with Crippen molar-refractivity contribution in [2.45, 2.75) is 15.2 Å². The third-order valence-electron chi connectivity index (χ3n) is 11.7. The van der Waals surface area contributed by atoms with E-state index in [0.717, 1.165) is 54.8 Å². The molecule has 1 aliphatic heterocycles. The highest BCUT2D eigenvalue weighted by Crippen LogP contribution is 2.62. The Bertz CT molecular complexity index is 3230. The number of para-hydroxylation sites is 1. The molecule has 2 aromatic heterocycles. The summed E-state index contributed by atoms with van der Waals surface area (Å²) in [6.07, 6.45) is 0. The molecular formula is C52H30ClN3OS. The van der Waals surface area contributed by atoms with Gasteiger partial charge in [0.05, 0.1) is 11.0 Å². The van der Waals surface area contributed by atoms with Crippen LogP contribution < -0.4 is 0 Å². The lowest BCUT2D eigenvalue weighted by molar-refractivity contribution is 0.669. The molecule has 0 amide bonds. The minimum atomic E-state index is -0.475. The van der Waals surface area contributed by atoms with Crippen LogP contribution in [0.5, 0.6) is 0 Å². The molecule has 4 nitrogen and oxygen atoms in total. The molecule has 1 aliphatic carbocycles. The van der Waals surface area contributed by atoms with Gasteiger partial charge in [0.25, 0.3) is 0 Å². The number of halogens is 1. The Labute approximate surface area is 343 Å². The Balaban J connectivity index is 1.05. The van der Waals surface area contributed by atoms with Crippen LogP contribution in [0.25, 0.3) is 78.4 Å². The maximum atomic E-state index is 6.80. The molecule has 0 fully saturated rings. The van der Waals surface area contributed by atoms with Crippen molar-refractivity contribution in [1.82, 2.24) is 15.0 Å². The summed E-state index contributed by atoms with van der Waals surface area (Å²) in [5.74, 6) is 1.78. The summed E-state index contributed by atoms with van der Waals surface area (Å²) < 4.78 is 6.80. The quantitative estimate of drug-likeness (QED) is 0.178. The molecule has 12 rings (SSSR count). The fourth-order valence-electron chi connectivity index (χ4n) is 9.24. The molecule has 1 atom stereocenters. The number of hydrogen-bond acceptors (Lipinski definition) is 5. The predicted octanol–water partition coefficient (Wildman–Crippen LogP) is 13.9. The van der Waals surface area contributed by atoms with Crippen LogP contribution in [0.15, 0.2) is 196 Å². The first kappa shape index (κ1) is 33.4. The Morgan fingerprint density at radius 1 is 0.431 bits per heavy atom. The molecule has 272 valence electrons. The van der Waals surface area contributed by atoms with E-state index in [1.807, 2.05) is 84.6 Å². The zero-order valence-electron chi connectivity index (χ0n) is 30.9. The minimum absolute atomic E-state index is 0.475. The maximum Gasteiger partial charge on any atom is 0.167 e. The van der Waals surface area contributed by atoms with Crippen LogP contribution in [-0.4, -0.2) is 15.0 Å². The predicted molar refractivity (Wildman–Crippen MR) is 235 cm³/mol. The Morgan fingerprint density at radius 2 is 1.03 bits per heavy atom. The largest absolute Gasteiger partial charge is 0.455 e. The summed E-state index contributed by atoms with van der Waals surface area (Å²) in [6, 6.07) is 63.8. The molecule has 2 aliphatic rings. The second-order valence-electron chi connectivity index (χ2n) is 14.8. The molecule has 58 heavy (non-hydrogen) atoms. The molecule has 6 heteroatoms. The van der Waals surface area contributed by atoms with Crippen LogP contribution in [0.1, 0.15) is 22.3 Å². The summed E-state index contributed by atoms with van der Waals surface area (Å²) in [5, 5.41) is 2.81. The third kappa shape index (κ3) is 4.87. The maximum absolute atomic E-state index is 6.80. The molecule has 0 saturated carbocycles. The van der Waals surface area contributed by atoms with Gasteiger partial charge in [-0.15, -0.1) is 0 Å². The van der Waals surface area contributed by atoms with Gasteiger partial charge in [-0.05, 0) is 80.9 Å². The number of hydrogen-bond donors (Lipinski definition) is 0. The van der Waals surface area contributed by atoms with Crippen LogP contribution >= 0.6 is 23.4 Å². The van der Waals surface area contributed by atoms with Gasteiger partial charge >= 0.3 is 0 Å². The van der Waals surface area contributed by atoms with Crippen molar-refractivity contribution in [3.05, 3.63) is 209 Å². The molecule has 10 aromatic rings. The normalized spacial score (nSPS) is 15.0. The van der Waals surface area contributed by atoms with Crippen LogP contribution in [0.2, 0.25) is 5.02 Å². The van der Waals surface area contributed by atoms with Crippen LogP contribution in [0.4, 0.5) is 0 Å². The SMILES string of the molecule is Clc1ccc2c(c1)-c1ccccc1C21c2ccccc2Sc2cc(-c3cccc4oc5c(-c6nc(-c7ccccc7)nc(-c7ccccc7)n6)cccc5c34)ccc21. The van der Waals surface area contributed by atoms with E-state index in [2.05, 4.69) is 109 Å². The van der Waals surface area contributed by atoms with Crippen molar-refractivity contribution < 1.29 is 4.42 Å². The van der Waals surface area contributed by atoms with Gasteiger partial charge in [-0.2, -0.15) is 0 Å². The van der Waals surface area contributed by atoms with E-state index in [-0.39, 0.29) is 0 Å². The molecule has 8 aromatic carbocycles. The van der Waals surface area contributed by atoms with E-state index in [1.54, 1.807) is 0 Å². The number of rotatable bonds is 4. The lowest BCUT2D eigenvalue weighted by atomic mass is 9.67. The van der Waals surface area contributed by atoms with E-state index < -0.39 is 5.41 Å². The summed E-state index contributed by atoms with van der Waals surface area (Å²) in [4.78, 5) is 17.5. The lowest BCUT2D eigenvalue weighted by Crippen LogP contribution is -2.31. The van der Waals surface area contributed by atoms with Gasteiger partial charge in [0.1, 0.15) is 11.2 Å². The molecule has 0 N–H and O–H groups in total. The summed E-state index contributed by atoms with van der Waals surface area (Å²) >= 11 is 8.52. The Kier molecular flexibility index (Phi) is 7.40. The third-order valence-corrected chi connectivity index (χ3v) is 13.0. The Hall–Kier alpha value is -6.79. The van der Waals surface area contributed by atoms with Gasteiger partial charge in [-0.1, -0.05) is 169 Å². The highest BCUT2D eigenvalue weighted by Gasteiger charge is 2.50.